The first-order valence-electron chi connectivity index (χ1n) is 10.3. The monoisotopic (exact) mass is 472 g/mol. The molecule has 0 spiro atoms. The van der Waals surface area contributed by atoms with Gasteiger partial charge in [-0.25, -0.2) is 0 Å². The van der Waals surface area contributed by atoms with E-state index in [1.54, 1.807) is 0 Å². The van der Waals surface area contributed by atoms with Gasteiger partial charge in [0.25, 0.3) is 0 Å². The molecule has 2 atom stereocenters. The molecule has 0 bridgehead atoms. The largest absolute Gasteiger partial charge is 0.494 e. The van der Waals surface area contributed by atoms with Crippen LogP contribution in [-0.2, 0) is 9.31 Å². The van der Waals surface area contributed by atoms with Crippen LogP contribution in [0.15, 0.2) is 24.3 Å². The van der Waals surface area contributed by atoms with E-state index in [0.29, 0.717) is 5.75 Å². The molecule has 1 aromatic carbocycles. The van der Waals surface area contributed by atoms with E-state index in [9.17, 15) is 0 Å². The van der Waals surface area contributed by atoms with Crippen LogP contribution < -0.4 is 10.2 Å². The lowest BCUT2D eigenvalue weighted by molar-refractivity contribution is 0.0295. The van der Waals surface area contributed by atoms with E-state index in [1.807, 2.05) is 24.3 Å². The molecule has 0 saturated carbocycles. The fraction of sp³-hybridized carbons (Fsp3) is 0.200. The molecule has 0 N–H and O–H groups in total. The van der Waals surface area contributed by atoms with Crippen LogP contribution >= 0.6 is 0 Å². The number of hydrogen-bond acceptors (Lipinski definition) is 3. The zero-order valence-electron chi connectivity index (χ0n) is 18.8. The Kier molecular flexibility index (Phi) is 11.8. The SMILES string of the molecule is C#CC#CC#CC#CC#CC#CC#CC#CC#COc1ccc(B2OC(C)CC(CC)O2)cc1.[HH].[HH].[HH].[HH].[HH].[HH].[HH].[HH].[HH].[HH].[HH].[HH].[HH].[HH].[HH].[HH].[HH].[HH]. The van der Waals surface area contributed by atoms with Crippen LogP contribution in [0, 0.1) is 107 Å². The molecule has 0 amide bonds. The molecule has 4 heteroatoms. The summed E-state index contributed by atoms with van der Waals surface area (Å²) in [6.07, 6.45) is 9.70. The number of terminal acetylenes is 1. The molecule has 0 aromatic heterocycles. The summed E-state index contributed by atoms with van der Waals surface area (Å²) in [4.78, 5) is 0. The van der Waals surface area contributed by atoms with Crippen molar-refractivity contribution in [3.63, 3.8) is 0 Å². The first-order valence-corrected chi connectivity index (χ1v) is 10.3. The topological polar surface area (TPSA) is 27.7 Å². The molecule has 194 valence electrons. The maximum absolute atomic E-state index is 5.97. The van der Waals surface area contributed by atoms with Crippen LogP contribution in [0.25, 0.3) is 0 Å². The van der Waals surface area contributed by atoms with Gasteiger partial charge in [0, 0.05) is 85.3 Å². The van der Waals surface area contributed by atoms with Gasteiger partial charge in [-0.05, 0) is 84.7 Å². The van der Waals surface area contributed by atoms with Crippen LogP contribution in [0.3, 0.4) is 0 Å². The molecule has 1 aliphatic rings. The average Bonchev–Trinajstić information content (AvgIpc) is 2.86. The van der Waals surface area contributed by atoms with E-state index in [2.05, 4.69) is 115 Å². The summed E-state index contributed by atoms with van der Waals surface area (Å²) in [5, 5.41) is 0. The molecule has 2 unspecified atom stereocenters. The van der Waals surface area contributed by atoms with Crippen molar-refractivity contribution in [2.75, 3.05) is 0 Å². The van der Waals surface area contributed by atoms with E-state index in [4.69, 9.17) is 20.5 Å². The molecule has 3 nitrogen and oxygen atoms in total. The van der Waals surface area contributed by atoms with Crippen LogP contribution in [0.4, 0.5) is 0 Å². The highest BCUT2D eigenvalue weighted by atomic mass is 16.6. The molecular formula is C30H53BO3. The predicted octanol–water partition coefficient (Wildman–Crippen LogP) is 6.41. The van der Waals surface area contributed by atoms with Gasteiger partial charge < -0.3 is 14.0 Å². The zero-order valence-corrected chi connectivity index (χ0v) is 18.8. The minimum atomic E-state index is -0.362. The maximum atomic E-state index is 5.97. The second kappa shape index (κ2) is 15.8. The van der Waals surface area contributed by atoms with Crippen molar-refractivity contribution in [2.24, 2.45) is 0 Å². The molecular weight excluding hydrogens is 419 g/mol. The van der Waals surface area contributed by atoms with Gasteiger partial charge in [0.1, 0.15) is 11.9 Å². The standard InChI is InChI=1S/C30H17BO3.18H2/c1-4-6-7-8-9-10-11-12-13-14-15-16-17-18-19-20-25-32-30-23-21-28(22-24-30)31-33-27(3)26-29(5-2)34-31;;;;;;;;;;;;;;;;;;/h1,21-24,27,29H,5,26H2,2-3H3;18*1H. The molecule has 1 aliphatic heterocycles. The summed E-state index contributed by atoms with van der Waals surface area (Å²) in [5.74, 6) is 40.2. The summed E-state index contributed by atoms with van der Waals surface area (Å²) < 4.78 is 17.2. The molecule has 2 rings (SSSR count). The van der Waals surface area contributed by atoms with Gasteiger partial charge in [-0.2, -0.15) is 0 Å². The molecule has 1 fully saturated rings. The van der Waals surface area contributed by atoms with Crippen molar-refractivity contribution in [1.29, 1.82) is 0 Å². The van der Waals surface area contributed by atoms with Gasteiger partial charge in [0.05, 0.1) is 0 Å². The van der Waals surface area contributed by atoms with Crippen LogP contribution in [0.2, 0.25) is 0 Å². The lowest BCUT2D eigenvalue weighted by atomic mass is 9.76. The summed E-state index contributed by atoms with van der Waals surface area (Å²) >= 11 is 0. The van der Waals surface area contributed by atoms with E-state index in [1.165, 1.54) is 0 Å². The number of benzene rings is 1. The third-order valence-corrected chi connectivity index (χ3v) is 4.04. The van der Waals surface area contributed by atoms with Crippen molar-refractivity contribution >= 4 is 12.6 Å². The van der Waals surface area contributed by atoms with Crippen LogP contribution in [-0.4, -0.2) is 19.3 Å². The third-order valence-electron chi connectivity index (χ3n) is 4.04. The molecule has 34 heavy (non-hydrogen) atoms. The number of rotatable bonds is 3. The maximum Gasteiger partial charge on any atom is 0.494 e. The Bertz CT molecular complexity index is 1470. The van der Waals surface area contributed by atoms with Crippen molar-refractivity contribution in [3.8, 4) is 113 Å². The van der Waals surface area contributed by atoms with Crippen molar-refractivity contribution < 1.29 is 39.7 Å². The Balaban J connectivity index is -0.0000000454. The van der Waals surface area contributed by atoms with Gasteiger partial charge in [-0.1, -0.05) is 19.1 Å². The van der Waals surface area contributed by atoms with Crippen LogP contribution in [0.1, 0.15) is 52.4 Å². The Labute approximate surface area is 229 Å². The third kappa shape index (κ3) is 10.4. The fourth-order valence-corrected chi connectivity index (χ4v) is 2.56. The molecule has 1 heterocycles. The van der Waals surface area contributed by atoms with Crippen molar-refractivity contribution in [1.82, 2.24) is 0 Å². The van der Waals surface area contributed by atoms with Gasteiger partial charge in [-0.3, -0.25) is 0 Å². The highest BCUT2D eigenvalue weighted by molar-refractivity contribution is 6.61. The summed E-state index contributed by atoms with van der Waals surface area (Å²) in [7, 11) is -0.362. The van der Waals surface area contributed by atoms with Gasteiger partial charge >= 0.3 is 7.12 Å². The zero-order chi connectivity index (χ0) is 24.3. The lowest BCUT2D eigenvalue weighted by Crippen LogP contribution is -2.47. The van der Waals surface area contributed by atoms with Gasteiger partial charge in [0.2, 0.25) is 0 Å². The Morgan fingerprint density at radius 3 is 1.82 bits per heavy atom. The highest BCUT2D eigenvalue weighted by Gasteiger charge is 2.32. The quantitative estimate of drug-likeness (QED) is 0.376. The van der Waals surface area contributed by atoms with E-state index < -0.39 is 0 Å². The smallest absolute Gasteiger partial charge is 0.407 e. The minimum Gasteiger partial charge on any atom is -0.407 e. The molecule has 1 aromatic rings. The Hall–Kier alpha value is -4.96. The van der Waals surface area contributed by atoms with Crippen LogP contribution in [0.5, 0.6) is 5.75 Å². The molecule has 0 aliphatic carbocycles. The molecule has 1 saturated heterocycles. The average molecular weight is 473 g/mol. The first-order chi connectivity index (χ1) is 16.7. The second-order valence-electron chi connectivity index (χ2n) is 6.47. The van der Waals surface area contributed by atoms with Crippen molar-refractivity contribution in [2.45, 2.75) is 38.9 Å². The predicted molar refractivity (Wildman–Crippen MR) is 172 cm³/mol. The fourth-order valence-electron chi connectivity index (χ4n) is 2.56. The van der Waals surface area contributed by atoms with Crippen molar-refractivity contribution in [3.05, 3.63) is 24.3 Å². The van der Waals surface area contributed by atoms with E-state index >= 15 is 0 Å². The summed E-state index contributed by atoms with van der Waals surface area (Å²) in [6.45, 7) is 4.18. The molecule has 0 radical (unpaired) electrons. The van der Waals surface area contributed by atoms with E-state index in [0.717, 1.165) is 18.3 Å². The van der Waals surface area contributed by atoms with E-state index in [-0.39, 0.29) is 45.0 Å². The minimum absolute atomic E-state index is 0. The second-order valence-corrected chi connectivity index (χ2v) is 6.47. The first kappa shape index (κ1) is 25.3. The normalized spacial score (nSPS) is 14.3. The lowest BCUT2D eigenvalue weighted by Gasteiger charge is -2.32. The number of ether oxygens (including phenoxy) is 1. The Morgan fingerprint density at radius 2 is 1.32 bits per heavy atom. The van der Waals surface area contributed by atoms with Gasteiger partial charge in [0.15, 0.2) is 0 Å². The Morgan fingerprint density at radius 1 is 0.824 bits per heavy atom. The highest BCUT2D eigenvalue weighted by Crippen LogP contribution is 2.19. The summed E-state index contributed by atoms with van der Waals surface area (Å²) in [6, 6.07) is 7.43. The van der Waals surface area contributed by atoms with Gasteiger partial charge in [-0.15, -0.1) is 6.42 Å². The summed E-state index contributed by atoms with van der Waals surface area (Å²) in [5.41, 5.74) is 0.942. The number of hydrogen-bond donors (Lipinski definition) is 0.